The molecule has 4 nitrogen and oxygen atoms in total. The maximum Gasteiger partial charge on any atom is 0.135 e. The molecular weight excluding hydrogens is 154 g/mol. The summed E-state index contributed by atoms with van der Waals surface area (Å²) in [6, 6.07) is 0. The highest BCUT2D eigenvalue weighted by molar-refractivity contribution is 5.02. The molecule has 0 aliphatic carbocycles. The van der Waals surface area contributed by atoms with Gasteiger partial charge in [-0.05, 0) is 6.42 Å². The Balaban J connectivity index is 2.72. The zero-order valence-corrected chi connectivity index (χ0v) is 7.50. The number of nitrogens with zero attached hydrogens (tertiary/aromatic N) is 1. The van der Waals surface area contributed by atoms with Crippen LogP contribution >= 0.6 is 0 Å². The van der Waals surface area contributed by atoms with Crippen molar-refractivity contribution < 1.29 is 4.74 Å². The molecule has 68 valence electrons. The Labute approximate surface area is 72.1 Å². The van der Waals surface area contributed by atoms with Gasteiger partial charge in [-0.2, -0.15) is 0 Å². The number of hydrogen-bond donors (Lipinski definition) is 2. The van der Waals surface area contributed by atoms with Crippen molar-refractivity contribution in [1.82, 2.24) is 9.97 Å². The summed E-state index contributed by atoms with van der Waals surface area (Å²) in [4.78, 5) is 7.27. The van der Waals surface area contributed by atoms with Gasteiger partial charge in [0.15, 0.2) is 0 Å². The first-order chi connectivity index (χ1) is 5.81. The normalized spacial score (nSPS) is 13.2. The third kappa shape index (κ3) is 1.84. The number of hydrogen-bond acceptors (Lipinski definition) is 3. The summed E-state index contributed by atoms with van der Waals surface area (Å²) in [5.74, 6) is 0.862. The molecule has 1 aromatic rings. The molecule has 1 atom stereocenters. The lowest BCUT2D eigenvalue weighted by molar-refractivity contribution is 0.0932. The summed E-state index contributed by atoms with van der Waals surface area (Å²) in [6.45, 7) is 2.55. The van der Waals surface area contributed by atoms with Gasteiger partial charge < -0.3 is 15.5 Å². The molecule has 1 aromatic heterocycles. The third-order valence-electron chi connectivity index (χ3n) is 1.83. The molecule has 3 N–H and O–H groups in total. The molecule has 12 heavy (non-hydrogen) atoms. The van der Waals surface area contributed by atoms with Gasteiger partial charge in [-0.1, -0.05) is 6.92 Å². The van der Waals surface area contributed by atoms with Gasteiger partial charge in [0.2, 0.25) is 0 Å². The molecule has 0 fully saturated rings. The topological polar surface area (TPSA) is 63.9 Å². The number of methoxy groups -OCH3 is 1. The Kier molecular flexibility index (Phi) is 3.25. The lowest BCUT2D eigenvalue weighted by Gasteiger charge is -2.08. The van der Waals surface area contributed by atoms with Gasteiger partial charge in [0, 0.05) is 25.5 Å². The van der Waals surface area contributed by atoms with Gasteiger partial charge in [-0.15, -0.1) is 0 Å². The fourth-order valence-corrected chi connectivity index (χ4v) is 1.12. The molecule has 0 aliphatic heterocycles. The Hall–Kier alpha value is -0.870. The number of nitrogens with two attached hydrogens (primary N) is 1. The van der Waals surface area contributed by atoms with E-state index in [0.717, 1.165) is 17.9 Å². The fraction of sp³-hybridized carbons (Fsp3) is 0.625. The zero-order valence-electron chi connectivity index (χ0n) is 7.50. The van der Waals surface area contributed by atoms with E-state index >= 15 is 0 Å². The van der Waals surface area contributed by atoms with E-state index in [0.29, 0.717) is 6.54 Å². The van der Waals surface area contributed by atoms with E-state index in [-0.39, 0.29) is 6.10 Å². The van der Waals surface area contributed by atoms with Crippen LogP contribution in [0, 0.1) is 0 Å². The van der Waals surface area contributed by atoms with E-state index in [4.69, 9.17) is 10.5 Å². The van der Waals surface area contributed by atoms with Crippen LogP contribution in [0.5, 0.6) is 0 Å². The van der Waals surface area contributed by atoms with E-state index < -0.39 is 0 Å². The summed E-state index contributed by atoms with van der Waals surface area (Å²) >= 11 is 0. The minimum absolute atomic E-state index is 0.0605. The zero-order chi connectivity index (χ0) is 8.97. The van der Waals surface area contributed by atoms with Crippen LogP contribution in [0.15, 0.2) is 6.20 Å². The Bertz CT molecular complexity index is 230. The van der Waals surface area contributed by atoms with Crippen LogP contribution in [0.25, 0.3) is 0 Å². The Morgan fingerprint density at radius 1 is 1.75 bits per heavy atom. The predicted molar refractivity (Wildman–Crippen MR) is 46.5 cm³/mol. The van der Waals surface area contributed by atoms with Gasteiger partial charge in [0.1, 0.15) is 11.9 Å². The number of aromatic amines is 1. The minimum Gasteiger partial charge on any atom is -0.374 e. The first kappa shape index (κ1) is 9.22. The predicted octanol–water partition coefficient (Wildman–Crippen LogP) is 0.966. The average Bonchev–Trinajstić information content (AvgIpc) is 2.55. The molecule has 0 spiro atoms. The molecule has 4 heteroatoms. The maximum atomic E-state index is 5.43. The molecule has 0 amide bonds. The smallest absolute Gasteiger partial charge is 0.135 e. The number of ether oxygens (including phenoxy) is 1. The summed E-state index contributed by atoms with van der Waals surface area (Å²) in [6.07, 6.45) is 2.72. The van der Waals surface area contributed by atoms with Crippen molar-refractivity contribution in [2.24, 2.45) is 5.73 Å². The van der Waals surface area contributed by atoms with Crippen LogP contribution in [0.1, 0.15) is 31.0 Å². The monoisotopic (exact) mass is 169 g/mol. The first-order valence-electron chi connectivity index (χ1n) is 4.08. The lowest BCUT2D eigenvalue weighted by atomic mass is 10.3. The van der Waals surface area contributed by atoms with Crippen LogP contribution in [0.3, 0.4) is 0 Å². The van der Waals surface area contributed by atoms with Gasteiger partial charge in [0.25, 0.3) is 0 Å². The van der Waals surface area contributed by atoms with Crippen molar-refractivity contribution in [3.05, 3.63) is 17.7 Å². The number of aromatic nitrogens is 2. The Morgan fingerprint density at radius 3 is 2.92 bits per heavy atom. The van der Waals surface area contributed by atoms with Crippen molar-refractivity contribution in [2.75, 3.05) is 7.11 Å². The summed E-state index contributed by atoms with van der Waals surface area (Å²) < 4.78 is 5.21. The number of imidazole rings is 1. The number of H-pyrrole nitrogens is 1. The molecule has 0 saturated carbocycles. The van der Waals surface area contributed by atoms with Crippen molar-refractivity contribution in [3.8, 4) is 0 Å². The van der Waals surface area contributed by atoms with Crippen LogP contribution < -0.4 is 5.73 Å². The molecule has 0 saturated heterocycles. The molecule has 1 rings (SSSR count). The SMILES string of the molecule is CCC(OC)c1ncc(CN)[nH]1. The van der Waals surface area contributed by atoms with E-state index in [1.165, 1.54) is 0 Å². The van der Waals surface area contributed by atoms with Gasteiger partial charge in [-0.25, -0.2) is 4.98 Å². The van der Waals surface area contributed by atoms with E-state index in [2.05, 4.69) is 16.9 Å². The summed E-state index contributed by atoms with van der Waals surface area (Å²) in [5.41, 5.74) is 6.38. The second kappa shape index (κ2) is 4.23. The van der Waals surface area contributed by atoms with Crippen LogP contribution in [0.2, 0.25) is 0 Å². The van der Waals surface area contributed by atoms with Crippen LogP contribution in [-0.4, -0.2) is 17.1 Å². The molecule has 1 unspecified atom stereocenters. The lowest BCUT2D eigenvalue weighted by Crippen LogP contribution is -2.03. The molecule has 0 aromatic carbocycles. The highest BCUT2D eigenvalue weighted by Gasteiger charge is 2.10. The van der Waals surface area contributed by atoms with Crippen LogP contribution in [0.4, 0.5) is 0 Å². The van der Waals surface area contributed by atoms with Crippen molar-refractivity contribution in [1.29, 1.82) is 0 Å². The van der Waals surface area contributed by atoms with Crippen molar-refractivity contribution in [3.63, 3.8) is 0 Å². The first-order valence-corrected chi connectivity index (χ1v) is 4.08. The fourth-order valence-electron chi connectivity index (χ4n) is 1.12. The second-order valence-corrected chi connectivity index (χ2v) is 2.63. The van der Waals surface area contributed by atoms with Gasteiger partial charge >= 0.3 is 0 Å². The molecule has 0 aliphatic rings. The Morgan fingerprint density at radius 2 is 2.50 bits per heavy atom. The molecular formula is C8H15N3O. The van der Waals surface area contributed by atoms with E-state index in [1.807, 2.05) is 0 Å². The summed E-state index contributed by atoms with van der Waals surface area (Å²) in [5, 5.41) is 0. The van der Waals surface area contributed by atoms with Crippen molar-refractivity contribution >= 4 is 0 Å². The largest absolute Gasteiger partial charge is 0.374 e. The third-order valence-corrected chi connectivity index (χ3v) is 1.83. The number of rotatable bonds is 4. The standard InChI is InChI=1S/C8H15N3O/c1-3-7(12-2)8-10-5-6(4-9)11-8/h5,7H,3-4,9H2,1-2H3,(H,10,11). The van der Waals surface area contributed by atoms with Crippen molar-refractivity contribution in [2.45, 2.75) is 26.0 Å². The highest BCUT2D eigenvalue weighted by atomic mass is 16.5. The minimum atomic E-state index is 0.0605. The molecule has 1 heterocycles. The van der Waals surface area contributed by atoms with Gasteiger partial charge in [-0.3, -0.25) is 0 Å². The average molecular weight is 169 g/mol. The highest BCUT2D eigenvalue weighted by Crippen LogP contribution is 2.15. The molecule has 0 bridgehead atoms. The van der Waals surface area contributed by atoms with Gasteiger partial charge in [0.05, 0.1) is 0 Å². The van der Waals surface area contributed by atoms with Crippen LogP contribution in [-0.2, 0) is 11.3 Å². The van der Waals surface area contributed by atoms with E-state index in [9.17, 15) is 0 Å². The second-order valence-electron chi connectivity index (χ2n) is 2.63. The number of nitrogens with one attached hydrogen (secondary N) is 1. The van der Waals surface area contributed by atoms with E-state index in [1.54, 1.807) is 13.3 Å². The maximum absolute atomic E-state index is 5.43. The summed E-state index contributed by atoms with van der Waals surface area (Å²) in [7, 11) is 1.68. The quantitative estimate of drug-likeness (QED) is 0.705. The molecule has 0 radical (unpaired) electrons.